The fourth-order valence-electron chi connectivity index (χ4n) is 1.28. The summed E-state index contributed by atoms with van der Waals surface area (Å²) in [4.78, 5) is 0. The first-order valence-corrected chi connectivity index (χ1v) is 4.71. The first-order valence-electron chi connectivity index (χ1n) is 4.71. The minimum absolute atomic E-state index is 0. The Morgan fingerprint density at radius 1 is 1.22 bits per heavy atom. The van der Waals surface area contributed by atoms with Crippen molar-refractivity contribution in [1.29, 1.82) is 0 Å². The molecular weight excluding hydrogens is 271 g/mol. The number of aromatic nitrogens is 2. The summed E-state index contributed by atoms with van der Waals surface area (Å²) >= 11 is 0. The van der Waals surface area contributed by atoms with Gasteiger partial charge in [0.2, 0.25) is 11.8 Å². The third kappa shape index (κ3) is 2.99. The van der Waals surface area contributed by atoms with Gasteiger partial charge in [0.25, 0.3) is 0 Å². The summed E-state index contributed by atoms with van der Waals surface area (Å²) in [6.07, 6.45) is -4.40. The van der Waals surface area contributed by atoms with Gasteiger partial charge in [0.05, 0.1) is 12.1 Å². The number of hydrogen-bond acceptors (Lipinski definition) is 4. The molecule has 4 nitrogen and oxygen atoms in total. The molecule has 1 aromatic heterocycles. The molecule has 0 amide bonds. The normalized spacial score (nSPS) is 11.1. The van der Waals surface area contributed by atoms with E-state index in [0.29, 0.717) is 0 Å². The van der Waals surface area contributed by atoms with Crippen molar-refractivity contribution in [3.8, 4) is 11.5 Å². The van der Waals surface area contributed by atoms with Crippen LogP contribution in [-0.2, 0) is 12.7 Å². The van der Waals surface area contributed by atoms with Crippen LogP contribution >= 0.6 is 12.4 Å². The second kappa shape index (κ2) is 5.36. The van der Waals surface area contributed by atoms with Crippen LogP contribution in [0.25, 0.3) is 11.5 Å². The fraction of sp³-hybridized carbons (Fsp3) is 0.200. The maximum atomic E-state index is 12.5. The second-order valence-corrected chi connectivity index (χ2v) is 3.28. The van der Waals surface area contributed by atoms with Gasteiger partial charge in [0.1, 0.15) is 0 Å². The summed E-state index contributed by atoms with van der Waals surface area (Å²) in [7, 11) is 0. The van der Waals surface area contributed by atoms with Crippen LogP contribution in [0.4, 0.5) is 13.2 Å². The van der Waals surface area contributed by atoms with Crippen molar-refractivity contribution in [2.75, 3.05) is 0 Å². The third-order valence-electron chi connectivity index (χ3n) is 2.08. The van der Waals surface area contributed by atoms with E-state index in [1.807, 2.05) is 0 Å². The first-order chi connectivity index (χ1) is 8.00. The molecule has 0 aliphatic carbocycles. The Balaban J connectivity index is 0.00000162. The van der Waals surface area contributed by atoms with Crippen LogP contribution in [-0.4, -0.2) is 10.2 Å². The van der Waals surface area contributed by atoms with Crippen molar-refractivity contribution in [3.63, 3.8) is 0 Å². The van der Waals surface area contributed by atoms with Crippen molar-refractivity contribution < 1.29 is 17.6 Å². The Kier molecular flexibility index (Phi) is 4.31. The van der Waals surface area contributed by atoms with Gasteiger partial charge in [-0.05, 0) is 18.2 Å². The summed E-state index contributed by atoms with van der Waals surface area (Å²) in [5.74, 6) is 0.203. The van der Waals surface area contributed by atoms with E-state index in [1.54, 1.807) is 0 Å². The Bertz CT molecular complexity index is 527. The number of hydrogen-bond donors (Lipinski definition) is 1. The van der Waals surface area contributed by atoms with Gasteiger partial charge in [-0.3, -0.25) is 0 Å². The Morgan fingerprint density at radius 3 is 2.50 bits per heavy atom. The number of nitrogens with zero attached hydrogens (tertiary/aromatic N) is 2. The van der Waals surface area contributed by atoms with Crippen LogP contribution < -0.4 is 5.73 Å². The summed E-state index contributed by atoms with van der Waals surface area (Å²) in [5, 5.41) is 7.20. The molecule has 0 spiro atoms. The molecule has 0 unspecified atom stereocenters. The molecule has 0 fully saturated rings. The molecule has 0 saturated heterocycles. The molecule has 2 aromatic rings. The molecule has 0 radical (unpaired) electrons. The monoisotopic (exact) mass is 279 g/mol. The van der Waals surface area contributed by atoms with Crippen molar-refractivity contribution >= 4 is 12.4 Å². The van der Waals surface area contributed by atoms with E-state index in [9.17, 15) is 13.2 Å². The molecule has 0 atom stereocenters. The van der Waals surface area contributed by atoms with E-state index in [0.717, 1.165) is 12.1 Å². The number of alkyl halides is 3. The molecule has 0 bridgehead atoms. The van der Waals surface area contributed by atoms with Crippen molar-refractivity contribution in [1.82, 2.24) is 10.2 Å². The lowest BCUT2D eigenvalue weighted by atomic mass is 10.1. The van der Waals surface area contributed by atoms with Crippen molar-refractivity contribution in [2.45, 2.75) is 12.7 Å². The molecule has 8 heteroatoms. The standard InChI is InChI=1S/C10H8F3N3O.ClH/c11-10(12,13)7-3-1-2-6(4-7)9-16-15-8(5-14)17-9;/h1-4H,5,14H2;1H. The number of benzene rings is 1. The van der Waals surface area contributed by atoms with Crippen molar-refractivity contribution in [3.05, 3.63) is 35.7 Å². The highest BCUT2D eigenvalue weighted by molar-refractivity contribution is 5.85. The Labute approximate surface area is 106 Å². The Hall–Kier alpha value is -1.60. The van der Waals surface area contributed by atoms with E-state index in [2.05, 4.69) is 10.2 Å². The minimum Gasteiger partial charge on any atom is -0.419 e. The summed E-state index contributed by atoms with van der Waals surface area (Å²) in [6, 6.07) is 4.67. The number of halogens is 4. The zero-order valence-electron chi connectivity index (χ0n) is 8.94. The minimum atomic E-state index is -4.40. The molecule has 0 aliphatic heterocycles. The SMILES string of the molecule is Cl.NCc1nnc(-c2cccc(C(F)(F)F)c2)o1. The highest BCUT2D eigenvalue weighted by Crippen LogP contribution is 2.31. The van der Waals surface area contributed by atoms with E-state index in [4.69, 9.17) is 10.2 Å². The molecule has 98 valence electrons. The highest BCUT2D eigenvalue weighted by atomic mass is 35.5. The van der Waals surface area contributed by atoms with Crippen LogP contribution in [0, 0.1) is 0 Å². The van der Waals surface area contributed by atoms with E-state index in [-0.39, 0.29) is 36.3 Å². The fourth-order valence-corrected chi connectivity index (χ4v) is 1.28. The smallest absolute Gasteiger partial charge is 0.416 e. The lowest BCUT2D eigenvalue weighted by molar-refractivity contribution is -0.137. The lowest BCUT2D eigenvalue weighted by Crippen LogP contribution is -2.04. The van der Waals surface area contributed by atoms with Crippen LogP contribution in [0.2, 0.25) is 0 Å². The van der Waals surface area contributed by atoms with Gasteiger partial charge in [-0.15, -0.1) is 22.6 Å². The average Bonchev–Trinajstić information content (AvgIpc) is 2.76. The van der Waals surface area contributed by atoms with E-state index < -0.39 is 11.7 Å². The van der Waals surface area contributed by atoms with Crippen LogP contribution in [0.5, 0.6) is 0 Å². The predicted octanol–water partition coefficient (Wildman–Crippen LogP) is 2.64. The highest BCUT2D eigenvalue weighted by Gasteiger charge is 2.30. The quantitative estimate of drug-likeness (QED) is 0.918. The van der Waals surface area contributed by atoms with Gasteiger partial charge in [-0.2, -0.15) is 13.2 Å². The van der Waals surface area contributed by atoms with Crippen LogP contribution in [0.1, 0.15) is 11.5 Å². The Morgan fingerprint density at radius 2 is 1.94 bits per heavy atom. The molecular formula is C10H9ClF3N3O. The zero-order chi connectivity index (χ0) is 12.5. The van der Waals surface area contributed by atoms with Gasteiger partial charge in [0, 0.05) is 5.56 Å². The van der Waals surface area contributed by atoms with E-state index >= 15 is 0 Å². The van der Waals surface area contributed by atoms with Gasteiger partial charge in [-0.25, -0.2) is 0 Å². The largest absolute Gasteiger partial charge is 0.419 e. The van der Waals surface area contributed by atoms with Gasteiger partial charge >= 0.3 is 6.18 Å². The molecule has 2 N–H and O–H groups in total. The summed E-state index contributed by atoms with van der Waals surface area (Å²) in [6.45, 7) is 0.0476. The molecule has 1 heterocycles. The number of nitrogens with two attached hydrogens (primary N) is 1. The molecule has 0 saturated carbocycles. The lowest BCUT2D eigenvalue weighted by Gasteiger charge is -2.06. The first kappa shape index (κ1) is 14.5. The topological polar surface area (TPSA) is 64.9 Å². The zero-order valence-corrected chi connectivity index (χ0v) is 9.76. The van der Waals surface area contributed by atoms with Crippen molar-refractivity contribution in [2.24, 2.45) is 5.73 Å². The summed E-state index contributed by atoms with van der Waals surface area (Å²) < 4.78 is 42.5. The van der Waals surface area contributed by atoms with Gasteiger partial charge in [-0.1, -0.05) is 6.07 Å². The molecule has 1 aromatic carbocycles. The second-order valence-electron chi connectivity index (χ2n) is 3.28. The molecule has 18 heavy (non-hydrogen) atoms. The maximum Gasteiger partial charge on any atom is 0.416 e. The van der Waals surface area contributed by atoms with Crippen LogP contribution in [0.15, 0.2) is 28.7 Å². The van der Waals surface area contributed by atoms with Gasteiger partial charge < -0.3 is 10.2 Å². The third-order valence-corrected chi connectivity index (χ3v) is 2.08. The maximum absolute atomic E-state index is 12.5. The molecule has 2 rings (SSSR count). The van der Waals surface area contributed by atoms with Gasteiger partial charge in [0.15, 0.2) is 0 Å². The summed E-state index contributed by atoms with van der Waals surface area (Å²) in [5.41, 5.74) is 4.72. The average molecular weight is 280 g/mol. The molecule has 0 aliphatic rings. The number of rotatable bonds is 2. The predicted molar refractivity (Wildman–Crippen MR) is 59.9 cm³/mol. The van der Waals surface area contributed by atoms with E-state index in [1.165, 1.54) is 12.1 Å². The van der Waals surface area contributed by atoms with Crippen LogP contribution in [0.3, 0.4) is 0 Å².